The smallest absolute Gasteiger partial charge is 0.423 e. The average Bonchev–Trinajstić information content (AvgIpc) is 4.10. The number of hydrogen-bond acceptors (Lipinski definition) is 12. The molecule has 0 fully saturated rings. The molecule has 299 valence electrons. The fraction of sp³-hybridized carbons (Fsp3) is 0. The minimum Gasteiger partial charge on any atom is -0.423 e. The molecular weight excluding hydrogens is 819 g/mol. The number of benzene rings is 4. The van der Waals surface area contributed by atoms with E-state index in [1.807, 2.05) is 48.6 Å². The molecule has 5 aliphatic heterocycles. The van der Waals surface area contributed by atoms with Crippen LogP contribution in [-0.2, 0) is 17.1 Å². The molecule has 5 aliphatic rings. The summed E-state index contributed by atoms with van der Waals surface area (Å²) in [6.07, 6.45) is 15.0. The molecule has 0 spiro atoms. The van der Waals surface area contributed by atoms with Gasteiger partial charge in [-0.25, -0.2) is 20.0 Å². The van der Waals surface area contributed by atoms with Crippen molar-refractivity contribution in [3.63, 3.8) is 0 Å². The fourth-order valence-electron chi connectivity index (χ4n) is 7.56. The van der Waals surface area contributed by atoms with E-state index in [9.17, 15) is 40.2 Å². The van der Waals surface area contributed by atoms with Gasteiger partial charge in [-0.2, -0.15) is 0 Å². The summed E-state index contributed by atoms with van der Waals surface area (Å²) in [6.45, 7) is 0. The van der Waals surface area contributed by atoms with Gasteiger partial charge >= 0.3 is 28.5 Å². The third kappa shape index (κ3) is 8.11. The van der Waals surface area contributed by atoms with Gasteiger partial charge in [0.1, 0.15) is 0 Å². The van der Waals surface area contributed by atoms with Crippen LogP contribution in [0.3, 0.4) is 0 Å². The van der Waals surface area contributed by atoms with Crippen molar-refractivity contribution in [3.05, 3.63) is 191 Å². The van der Waals surface area contributed by atoms with E-state index in [4.69, 9.17) is 20.0 Å². The maximum absolute atomic E-state index is 9.88. The molecular formula is C44H32B4CuN4O8. The third-order valence-corrected chi connectivity index (χ3v) is 10.6. The van der Waals surface area contributed by atoms with E-state index >= 15 is 0 Å². The fourth-order valence-corrected chi connectivity index (χ4v) is 7.56. The Morgan fingerprint density at radius 2 is 0.443 bits per heavy atom. The van der Waals surface area contributed by atoms with Gasteiger partial charge in [0.05, 0.1) is 45.6 Å². The summed E-state index contributed by atoms with van der Waals surface area (Å²) in [7, 11) is -6.63. The van der Waals surface area contributed by atoms with Crippen LogP contribution in [0.2, 0.25) is 0 Å². The normalized spacial score (nSPS) is 16.3. The van der Waals surface area contributed by atoms with Crippen LogP contribution in [0.25, 0.3) is 22.3 Å². The first-order chi connectivity index (χ1) is 29.0. The van der Waals surface area contributed by atoms with Crippen LogP contribution >= 0.6 is 0 Å². The predicted octanol–water partition coefficient (Wildman–Crippen LogP) is 0.405. The van der Waals surface area contributed by atoms with Crippen LogP contribution in [0.4, 0.5) is 0 Å². The van der Waals surface area contributed by atoms with Gasteiger partial charge in [0.25, 0.3) is 0 Å². The molecule has 12 nitrogen and oxygen atoms in total. The maximum Gasteiger partial charge on any atom is 0.488 e. The number of hydrogen-bond donors (Lipinski definition) is 8. The zero-order chi connectivity index (χ0) is 41.7. The van der Waals surface area contributed by atoms with E-state index in [-0.39, 0.29) is 17.1 Å². The van der Waals surface area contributed by atoms with Gasteiger partial charge in [-0.1, -0.05) is 97.1 Å². The third-order valence-electron chi connectivity index (χ3n) is 10.6. The Morgan fingerprint density at radius 1 is 0.262 bits per heavy atom. The van der Waals surface area contributed by atoms with E-state index in [1.54, 1.807) is 97.1 Å². The largest absolute Gasteiger partial charge is 0.488 e. The van der Waals surface area contributed by atoms with Gasteiger partial charge in [-0.05, 0) is 92.7 Å². The van der Waals surface area contributed by atoms with Gasteiger partial charge in [0.15, 0.2) is 0 Å². The van der Waals surface area contributed by atoms with Crippen LogP contribution in [-0.4, -0.2) is 91.5 Å². The summed E-state index contributed by atoms with van der Waals surface area (Å²) < 4.78 is 0. The second-order valence-electron chi connectivity index (χ2n) is 14.3. The first kappa shape index (κ1) is 41.7. The van der Waals surface area contributed by atoms with Crippen molar-refractivity contribution in [1.29, 1.82) is 0 Å². The van der Waals surface area contributed by atoms with E-state index in [0.717, 1.165) is 0 Å². The molecule has 0 amide bonds. The summed E-state index contributed by atoms with van der Waals surface area (Å²) in [5.74, 6) is 0. The van der Waals surface area contributed by atoms with Crippen LogP contribution in [0, 0.1) is 0 Å². The molecule has 0 aliphatic carbocycles. The first-order valence-electron chi connectivity index (χ1n) is 18.9. The molecule has 9 rings (SSSR count). The van der Waals surface area contributed by atoms with Crippen molar-refractivity contribution in [2.24, 2.45) is 20.0 Å². The van der Waals surface area contributed by atoms with Crippen molar-refractivity contribution in [2.45, 2.75) is 0 Å². The SMILES string of the molecule is OB(O)c1ccc(C2=C3C=CC(=N3)C(c3ccc(B(O)O)cc3)=C3C=CC(=N3)C(c3ccc(B(O)O)cc3)=C3C=CC(=N3)C(c3ccc(B(O)O)cc3)=C3C=CC2=N3)cc1.[Cu]. The molecule has 8 N–H and O–H groups in total. The van der Waals surface area contributed by atoms with Gasteiger partial charge in [-0.3, -0.25) is 0 Å². The van der Waals surface area contributed by atoms with Gasteiger partial charge < -0.3 is 40.2 Å². The van der Waals surface area contributed by atoms with Crippen molar-refractivity contribution in [2.75, 3.05) is 0 Å². The minimum absolute atomic E-state index is 0. The summed E-state index contributed by atoms with van der Waals surface area (Å²) in [5.41, 5.74) is 11.3. The van der Waals surface area contributed by atoms with Crippen molar-refractivity contribution >= 4 is 95.5 Å². The number of nitrogens with zero attached hydrogens (tertiary/aromatic N) is 4. The number of rotatable bonds is 8. The Morgan fingerprint density at radius 3 is 0.607 bits per heavy atom. The molecule has 0 saturated heterocycles. The van der Waals surface area contributed by atoms with Gasteiger partial charge in [0.2, 0.25) is 0 Å². The van der Waals surface area contributed by atoms with Crippen LogP contribution in [0.5, 0.6) is 0 Å². The average molecular weight is 852 g/mol. The second kappa shape index (κ2) is 17.1. The van der Waals surface area contributed by atoms with E-state index in [0.29, 0.717) is 112 Å². The van der Waals surface area contributed by atoms with Crippen molar-refractivity contribution in [1.82, 2.24) is 0 Å². The zero-order valence-corrected chi connectivity index (χ0v) is 32.8. The van der Waals surface area contributed by atoms with Crippen molar-refractivity contribution < 1.29 is 57.3 Å². The number of allylic oxidation sites excluding steroid dienone is 12. The quantitative estimate of drug-likeness (QED) is 0.116. The van der Waals surface area contributed by atoms with Crippen LogP contribution < -0.4 is 21.9 Å². The number of aliphatic imine (C=N–C) groups is 4. The number of fused-ring (bicyclic) bond motifs is 4. The molecule has 1 radical (unpaired) electrons. The molecule has 5 heterocycles. The van der Waals surface area contributed by atoms with E-state index in [1.165, 1.54) is 0 Å². The van der Waals surface area contributed by atoms with Crippen LogP contribution in [0.15, 0.2) is 188 Å². The summed E-state index contributed by atoms with van der Waals surface area (Å²) in [5, 5.41) is 79.0. The Hall–Kier alpha value is -6.06. The molecule has 8 bridgehead atoms. The van der Waals surface area contributed by atoms with E-state index in [2.05, 4.69) is 0 Å². The molecule has 0 saturated carbocycles. The molecule has 0 aromatic heterocycles. The molecule has 0 unspecified atom stereocenters. The molecule has 0 atom stereocenters. The van der Waals surface area contributed by atoms with Gasteiger partial charge in [0, 0.05) is 39.4 Å². The predicted molar refractivity (Wildman–Crippen MR) is 239 cm³/mol. The zero-order valence-electron chi connectivity index (χ0n) is 31.8. The standard InChI is InChI=1S/C44H32B4N4O8.Cu/c53-45(54)29-9-1-25(2-10-29)41-33-17-19-35(49-33)42(26-3-11-30(12-4-26)46(55)56)37-21-23-39(51-37)44(28-7-15-32(16-8-28)48(59)60)40-24-22-38(52-40)43(36-20-18-34(41)50-36)27-5-13-31(14-6-27)47(57)58;/h1-24,53-60H;. The van der Waals surface area contributed by atoms with Crippen molar-refractivity contribution in [3.8, 4) is 0 Å². The summed E-state index contributed by atoms with van der Waals surface area (Å²) in [4.78, 5) is 20.7. The molecule has 4 aromatic rings. The molecule has 17 heteroatoms. The minimum atomic E-state index is -1.66. The first-order valence-corrected chi connectivity index (χ1v) is 18.9. The Balaban J connectivity index is 0.00000514. The Kier molecular flexibility index (Phi) is 11.7. The summed E-state index contributed by atoms with van der Waals surface area (Å²) in [6, 6.07) is 27.2. The van der Waals surface area contributed by atoms with E-state index < -0.39 is 28.5 Å². The molecule has 61 heavy (non-hydrogen) atoms. The second-order valence-corrected chi connectivity index (χ2v) is 14.3. The maximum atomic E-state index is 9.88. The van der Waals surface area contributed by atoms with Gasteiger partial charge in [-0.15, -0.1) is 0 Å². The topological polar surface area (TPSA) is 211 Å². The van der Waals surface area contributed by atoms with Crippen LogP contribution in [0.1, 0.15) is 22.3 Å². The summed E-state index contributed by atoms with van der Waals surface area (Å²) >= 11 is 0. The Bertz CT molecular complexity index is 2440. The molecule has 4 aromatic carbocycles. The monoisotopic (exact) mass is 851 g/mol. The Labute approximate surface area is 361 Å².